The van der Waals surface area contributed by atoms with Gasteiger partial charge in [0, 0.05) is 19.1 Å². The third kappa shape index (κ3) is 5.05. The zero-order valence-electron chi connectivity index (χ0n) is 18.2. The van der Waals surface area contributed by atoms with Gasteiger partial charge in [-0.2, -0.15) is 13.2 Å². The number of hydrogen-bond acceptors (Lipinski definition) is 5. The van der Waals surface area contributed by atoms with Crippen molar-refractivity contribution in [3.63, 3.8) is 0 Å². The number of aliphatic hydroxyl groups is 1. The zero-order chi connectivity index (χ0) is 23.5. The average Bonchev–Trinajstić information content (AvgIpc) is 3.09. The van der Waals surface area contributed by atoms with E-state index in [9.17, 15) is 23.1 Å². The van der Waals surface area contributed by atoms with Crippen LogP contribution in [-0.2, 0) is 24.6 Å². The number of terminal acetylenes is 1. The van der Waals surface area contributed by atoms with Crippen LogP contribution in [0.3, 0.4) is 0 Å². The summed E-state index contributed by atoms with van der Waals surface area (Å²) in [6.07, 6.45) is -0.263. The van der Waals surface area contributed by atoms with Crippen LogP contribution in [-0.4, -0.2) is 47.8 Å². The molecule has 1 N–H and O–H groups in total. The lowest BCUT2D eigenvalue weighted by Gasteiger charge is -2.38. The predicted octanol–water partition coefficient (Wildman–Crippen LogP) is 4.12. The summed E-state index contributed by atoms with van der Waals surface area (Å²) in [6, 6.07) is 6.62. The van der Waals surface area contributed by atoms with Crippen LogP contribution in [0.15, 0.2) is 30.3 Å². The fourth-order valence-electron chi connectivity index (χ4n) is 3.90. The molecule has 0 saturated carbocycles. The van der Waals surface area contributed by atoms with Gasteiger partial charge in [0.15, 0.2) is 0 Å². The van der Waals surface area contributed by atoms with E-state index < -0.39 is 46.7 Å². The largest absolute Gasteiger partial charge is 0.457 e. The van der Waals surface area contributed by atoms with Crippen LogP contribution in [0.25, 0.3) is 0 Å². The van der Waals surface area contributed by atoms with Crippen molar-refractivity contribution in [2.45, 2.75) is 81.6 Å². The minimum absolute atomic E-state index is 0.101. The third-order valence-electron chi connectivity index (χ3n) is 5.76. The lowest BCUT2D eigenvalue weighted by molar-refractivity contribution is -0.282. The normalized spacial score (nSPS) is 24.8. The molecule has 1 saturated heterocycles. The number of benzene rings is 1. The molecule has 2 rings (SSSR count). The summed E-state index contributed by atoms with van der Waals surface area (Å²) < 4.78 is 58.8. The van der Waals surface area contributed by atoms with Gasteiger partial charge in [0.05, 0.1) is 11.7 Å². The third-order valence-corrected chi connectivity index (χ3v) is 5.76. The Morgan fingerprint density at radius 3 is 2.42 bits per heavy atom. The Bertz CT molecular complexity index is 796. The van der Waals surface area contributed by atoms with E-state index in [-0.39, 0.29) is 12.8 Å². The maximum absolute atomic E-state index is 14.2. The van der Waals surface area contributed by atoms with Gasteiger partial charge in [-0.25, -0.2) is 4.79 Å². The van der Waals surface area contributed by atoms with E-state index >= 15 is 0 Å². The molecule has 1 fully saturated rings. The highest BCUT2D eigenvalue weighted by Crippen LogP contribution is 2.45. The molecule has 5 nitrogen and oxygen atoms in total. The monoisotopic (exact) mass is 442 g/mol. The Balaban J connectivity index is 2.41. The highest BCUT2D eigenvalue weighted by molar-refractivity contribution is 5.83. The molecule has 0 amide bonds. The lowest BCUT2D eigenvalue weighted by Crippen LogP contribution is -2.54. The van der Waals surface area contributed by atoms with E-state index in [2.05, 4.69) is 5.92 Å². The van der Waals surface area contributed by atoms with Crippen molar-refractivity contribution in [3.8, 4) is 12.3 Å². The first-order valence-corrected chi connectivity index (χ1v) is 10.0. The van der Waals surface area contributed by atoms with E-state index in [1.807, 2.05) is 0 Å². The second kappa shape index (κ2) is 9.19. The van der Waals surface area contributed by atoms with Crippen molar-refractivity contribution < 1.29 is 37.3 Å². The van der Waals surface area contributed by atoms with Gasteiger partial charge in [0.1, 0.15) is 11.7 Å². The maximum Gasteiger partial charge on any atom is 0.432 e. The van der Waals surface area contributed by atoms with Crippen LogP contribution in [0.1, 0.15) is 52.0 Å². The minimum atomic E-state index is -5.08. The number of hydrogen-bond donors (Lipinski definition) is 1. The van der Waals surface area contributed by atoms with Crippen LogP contribution in [0.4, 0.5) is 13.2 Å². The summed E-state index contributed by atoms with van der Waals surface area (Å²) in [4.78, 5) is 13.1. The van der Waals surface area contributed by atoms with Crippen molar-refractivity contribution in [3.05, 3.63) is 35.9 Å². The summed E-state index contributed by atoms with van der Waals surface area (Å²) >= 11 is 0. The predicted molar refractivity (Wildman–Crippen MR) is 108 cm³/mol. The first-order valence-electron chi connectivity index (χ1n) is 10.0. The molecule has 31 heavy (non-hydrogen) atoms. The first-order chi connectivity index (χ1) is 14.3. The number of alkyl halides is 3. The topological polar surface area (TPSA) is 65.0 Å². The number of carbonyl (C=O) groups is 1. The SMILES string of the molecule is C#CCC[C@H](OC(=O)[C@](OC)(c1ccccc1)C(F)(F)F)[C@@]1(C)CC[C@H](C(C)(C)O)O1. The van der Waals surface area contributed by atoms with E-state index in [4.69, 9.17) is 20.6 Å². The number of esters is 1. The number of carbonyl (C=O) groups excluding carboxylic acids is 1. The number of ether oxygens (including phenoxy) is 3. The molecule has 0 unspecified atom stereocenters. The fourth-order valence-corrected chi connectivity index (χ4v) is 3.90. The Hall–Kier alpha value is -2.08. The van der Waals surface area contributed by atoms with Crippen LogP contribution in [0.2, 0.25) is 0 Å². The average molecular weight is 442 g/mol. The lowest BCUT2D eigenvalue weighted by atomic mass is 9.89. The Morgan fingerprint density at radius 2 is 1.97 bits per heavy atom. The van der Waals surface area contributed by atoms with Crippen LogP contribution < -0.4 is 0 Å². The molecule has 1 aliphatic heterocycles. The maximum atomic E-state index is 14.2. The van der Waals surface area contributed by atoms with E-state index in [1.54, 1.807) is 20.8 Å². The smallest absolute Gasteiger partial charge is 0.432 e. The second-order valence-corrected chi connectivity index (χ2v) is 8.50. The van der Waals surface area contributed by atoms with Gasteiger partial charge in [0.2, 0.25) is 0 Å². The number of rotatable bonds is 8. The quantitative estimate of drug-likeness (QED) is 0.485. The Morgan fingerprint density at radius 1 is 1.35 bits per heavy atom. The van der Waals surface area contributed by atoms with Gasteiger partial charge in [0.25, 0.3) is 5.60 Å². The zero-order valence-corrected chi connectivity index (χ0v) is 18.2. The van der Waals surface area contributed by atoms with Gasteiger partial charge in [-0.05, 0) is 40.0 Å². The molecule has 1 heterocycles. The van der Waals surface area contributed by atoms with Crippen molar-refractivity contribution in [1.82, 2.24) is 0 Å². The molecule has 1 aromatic carbocycles. The van der Waals surface area contributed by atoms with Gasteiger partial charge in [-0.15, -0.1) is 12.3 Å². The van der Waals surface area contributed by atoms with Crippen molar-refractivity contribution in [2.24, 2.45) is 0 Å². The summed E-state index contributed by atoms with van der Waals surface area (Å²) in [5.41, 5.74) is -5.96. The van der Waals surface area contributed by atoms with E-state index in [1.165, 1.54) is 18.2 Å². The standard InChI is InChI=1S/C23H29F3O5/c1-6-7-13-18(21(4)15-14-17(31-21)20(2,3)28)30-19(27)22(29-5,23(24,25)26)16-11-9-8-10-12-16/h1,8-12,17-18,28H,7,13-15H2,2-5H3/t17-,18+,21-,22-/m1/s1. The Labute approximate surface area is 180 Å². The number of halogens is 3. The molecule has 0 aromatic heterocycles. The molecule has 0 bridgehead atoms. The minimum Gasteiger partial charge on any atom is -0.457 e. The summed E-state index contributed by atoms with van der Waals surface area (Å²) in [7, 11) is 0.816. The summed E-state index contributed by atoms with van der Waals surface area (Å²) in [5.74, 6) is 0.828. The summed E-state index contributed by atoms with van der Waals surface area (Å²) in [5, 5.41) is 10.3. The summed E-state index contributed by atoms with van der Waals surface area (Å²) in [6.45, 7) is 4.82. The molecule has 1 aromatic rings. The molecule has 8 heteroatoms. The first kappa shape index (κ1) is 25.2. The van der Waals surface area contributed by atoms with E-state index in [0.717, 1.165) is 19.2 Å². The van der Waals surface area contributed by atoms with Crippen LogP contribution >= 0.6 is 0 Å². The van der Waals surface area contributed by atoms with Crippen LogP contribution in [0, 0.1) is 12.3 Å². The highest BCUT2D eigenvalue weighted by atomic mass is 19.4. The van der Waals surface area contributed by atoms with Gasteiger partial charge >= 0.3 is 12.1 Å². The molecule has 0 radical (unpaired) electrons. The van der Waals surface area contributed by atoms with Crippen molar-refractivity contribution in [1.29, 1.82) is 0 Å². The van der Waals surface area contributed by atoms with Crippen molar-refractivity contribution in [2.75, 3.05) is 7.11 Å². The van der Waals surface area contributed by atoms with Crippen molar-refractivity contribution >= 4 is 5.97 Å². The molecule has 1 aliphatic rings. The van der Waals surface area contributed by atoms with Crippen LogP contribution in [0.5, 0.6) is 0 Å². The highest BCUT2D eigenvalue weighted by Gasteiger charge is 2.65. The van der Waals surface area contributed by atoms with E-state index in [0.29, 0.717) is 12.8 Å². The number of methoxy groups -OCH3 is 1. The molecule has 0 spiro atoms. The second-order valence-electron chi connectivity index (χ2n) is 8.50. The molecule has 4 atom stereocenters. The molecular weight excluding hydrogens is 413 g/mol. The Kier molecular flexibility index (Phi) is 7.47. The van der Waals surface area contributed by atoms with Gasteiger partial charge in [-0.1, -0.05) is 30.3 Å². The molecular formula is C23H29F3O5. The van der Waals surface area contributed by atoms with Gasteiger partial charge < -0.3 is 19.3 Å². The molecule has 172 valence electrons. The fraction of sp³-hybridized carbons (Fsp3) is 0.609. The molecule has 0 aliphatic carbocycles. The van der Waals surface area contributed by atoms with Gasteiger partial charge in [-0.3, -0.25) is 0 Å².